The number of benzene rings is 1. The maximum absolute atomic E-state index is 12.6. The van der Waals surface area contributed by atoms with Gasteiger partial charge >= 0.3 is 6.03 Å². The molecular weight excluding hydrogens is 424 g/mol. The van der Waals surface area contributed by atoms with Crippen molar-refractivity contribution in [1.29, 1.82) is 0 Å². The summed E-state index contributed by atoms with van der Waals surface area (Å²) in [5.41, 5.74) is 2.62. The van der Waals surface area contributed by atoms with Crippen LogP contribution in [0.15, 0.2) is 89.9 Å². The van der Waals surface area contributed by atoms with Crippen LogP contribution < -0.4 is 21.1 Å². The van der Waals surface area contributed by atoms with Crippen LogP contribution in [0.3, 0.4) is 0 Å². The summed E-state index contributed by atoms with van der Waals surface area (Å²) >= 11 is 0. The Morgan fingerprint density at radius 1 is 1.26 bits per heavy atom. The first-order chi connectivity index (χ1) is 16.2. The van der Waals surface area contributed by atoms with Crippen LogP contribution in [0.4, 0.5) is 4.79 Å². The van der Waals surface area contributed by atoms with Gasteiger partial charge in [0.25, 0.3) is 0 Å². The predicted octanol–water partition coefficient (Wildman–Crippen LogP) is 3.69. The van der Waals surface area contributed by atoms with Crippen molar-refractivity contribution < 1.29 is 9.90 Å². The molecule has 0 saturated carbocycles. The van der Waals surface area contributed by atoms with Crippen LogP contribution >= 0.6 is 0 Å². The highest BCUT2D eigenvalue weighted by Gasteiger charge is 2.18. The van der Waals surface area contributed by atoms with E-state index in [1.807, 2.05) is 62.5 Å². The lowest BCUT2D eigenvalue weighted by Crippen LogP contribution is -2.37. The number of rotatable bonds is 8. The Kier molecular flexibility index (Phi) is 9.83. The van der Waals surface area contributed by atoms with Crippen molar-refractivity contribution in [3.63, 3.8) is 0 Å². The van der Waals surface area contributed by atoms with Gasteiger partial charge in [-0.15, -0.1) is 0 Å². The molecule has 1 aromatic rings. The minimum atomic E-state index is -0.331. The van der Waals surface area contributed by atoms with E-state index in [4.69, 9.17) is 5.10 Å². The van der Waals surface area contributed by atoms with Crippen molar-refractivity contribution in [3.05, 3.63) is 95.2 Å². The fourth-order valence-electron chi connectivity index (χ4n) is 3.18. The highest BCUT2D eigenvalue weighted by Crippen LogP contribution is 2.19. The topological polar surface area (TPSA) is 77.0 Å². The number of carbonyl (C=O) groups excluding carboxylic acids is 1. The second-order valence-corrected chi connectivity index (χ2v) is 8.92. The summed E-state index contributed by atoms with van der Waals surface area (Å²) in [4.78, 5) is 12.6. The number of nitrogens with one attached hydrogen (secondary N) is 2. The Hall–Kier alpha value is -3.64. The highest BCUT2D eigenvalue weighted by atomic mass is 16.3. The van der Waals surface area contributed by atoms with Crippen LogP contribution in [0.5, 0.6) is 0 Å². The van der Waals surface area contributed by atoms with Gasteiger partial charge in [0.05, 0.1) is 18.0 Å². The van der Waals surface area contributed by atoms with Crippen LogP contribution in [0.2, 0.25) is 0 Å². The summed E-state index contributed by atoms with van der Waals surface area (Å²) in [7, 11) is 1.83. The first kappa shape index (κ1) is 26.6. The number of hydrogen-bond acceptors (Lipinski definition) is 4. The lowest BCUT2D eigenvalue weighted by molar-refractivity contribution is 0.248. The molecule has 0 saturated heterocycles. The van der Waals surface area contributed by atoms with Crippen molar-refractivity contribution in [2.75, 3.05) is 13.7 Å². The number of amides is 2. The summed E-state index contributed by atoms with van der Waals surface area (Å²) in [6.45, 7) is 11.8. The molecule has 0 aliphatic heterocycles. The second-order valence-electron chi connectivity index (χ2n) is 8.92. The number of carbonyl (C=O) groups is 1. The van der Waals surface area contributed by atoms with Gasteiger partial charge in [-0.1, -0.05) is 69.8 Å². The Morgan fingerprint density at radius 3 is 2.68 bits per heavy atom. The molecule has 0 heterocycles. The number of hydrogen-bond donors (Lipinski definition) is 3. The summed E-state index contributed by atoms with van der Waals surface area (Å²) in [6, 6.07) is 7.65. The SMILES string of the molecule is C=C(/C=C(\C=C/C)N(C)/N=C(\C=C\NC(=O)NC1=c2ccccc2=CCC=C1)C(C)(C)C)CO. The summed E-state index contributed by atoms with van der Waals surface area (Å²) in [5, 5.41) is 23.6. The Bertz CT molecular complexity index is 1160. The van der Waals surface area contributed by atoms with E-state index in [2.05, 4.69) is 44.1 Å². The Balaban J connectivity index is 2.21. The van der Waals surface area contributed by atoms with Gasteiger partial charge in [0, 0.05) is 29.6 Å². The van der Waals surface area contributed by atoms with Gasteiger partial charge in [0.1, 0.15) is 0 Å². The number of hydrazone groups is 1. The zero-order valence-corrected chi connectivity index (χ0v) is 20.8. The van der Waals surface area contributed by atoms with E-state index >= 15 is 0 Å². The summed E-state index contributed by atoms with van der Waals surface area (Å²) in [5.74, 6) is 0. The molecular formula is C28H36N4O2. The molecule has 0 fully saturated rings. The lowest BCUT2D eigenvalue weighted by Gasteiger charge is -2.23. The van der Waals surface area contributed by atoms with Crippen LogP contribution in [-0.4, -0.2) is 35.5 Å². The molecule has 0 unspecified atom stereocenters. The smallest absolute Gasteiger partial charge is 0.323 e. The fourth-order valence-corrected chi connectivity index (χ4v) is 3.18. The van der Waals surface area contributed by atoms with Gasteiger partial charge in [-0.05, 0) is 48.4 Å². The second kappa shape index (κ2) is 12.6. The fraction of sp³-hybridized carbons (Fsp3) is 0.286. The number of urea groups is 1. The third kappa shape index (κ3) is 8.05. The molecule has 2 rings (SSSR count). The summed E-state index contributed by atoms with van der Waals surface area (Å²) < 4.78 is 0. The monoisotopic (exact) mass is 460 g/mol. The third-order valence-corrected chi connectivity index (χ3v) is 5.01. The molecule has 6 heteroatoms. The first-order valence-corrected chi connectivity index (χ1v) is 11.3. The van der Waals surface area contributed by atoms with Crippen molar-refractivity contribution in [3.8, 4) is 0 Å². The molecule has 180 valence electrons. The predicted molar refractivity (Wildman–Crippen MR) is 142 cm³/mol. The van der Waals surface area contributed by atoms with Gasteiger partial charge < -0.3 is 15.7 Å². The standard InChI is InChI=1S/C28H36N4O2/c1-7-12-23(19-21(2)20-33)32(6)31-26(28(3,4)5)17-18-29-27(34)30-25-16-11-9-14-22-13-8-10-15-24(22)25/h7-8,10-19,33H,2,9,20H2,1,3-6H3,(H2,29,30,34)/b12-7-,18-17+,23-19+,31-26+. The first-order valence-electron chi connectivity index (χ1n) is 11.3. The number of aliphatic hydroxyl groups excluding tert-OH is 1. The van der Waals surface area contributed by atoms with Crippen LogP contribution in [0.1, 0.15) is 34.1 Å². The van der Waals surface area contributed by atoms with Gasteiger partial charge in [0.2, 0.25) is 0 Å². The molecule has 34 heavy (non-hydrogen) atoms. The quantitative estimate of drug-likeness (QED) is 0.315. The number of nitrogens with zero attached hydrogens (tertiary/aromatic N) is 2. The molecule has 0 radical (unpaired) electrons. The van der Waals surface area contributed by atoms with Gasteiger partial charge in [-0.2, -0.15) is 5.10 Å². The van der Waals surface area contributed by atoms with Gasteiger partial charge in [0.15, 0.2) is 0 Å². The van der Waals surface area contributed by atoms with E-state index in [0.29, 0.717) is 5.57 Å². The largest absolute Gasteiger partial charge is 0.392 e. The summed E-state index contributed by atoms with van der Waals surface area (Å²) in [6.07, 6.45) is 15.9. The Labute approximate surface area is 202 Å². The van der Waals surface area contributed by atoms with E-state index in [0.717, 1.165) is 34.0 Å². The number of allylic oxidation sites excluding steroid dienone is 4. The molecule has 2 amide bonds. The lowest BCUT2D eigenvalue weighted by atomic mass is 9.90. The average molecular weight is 461 g/mol. The Morgan fingerprint density at radius 2 is 2.00 bits per heavy atom. The molecule has 0 atom stereocenters. The number of likely N-dealkylation sites (N-methyl/N-ethyl adjacent to an activating group) is 1. The van der Waals surface area contributed by atoms with Crippen molar-refractivity contribution in [1.82, 2.24) is 15.6 Å². The zero-order chi connectivity index (χ0) is 25.1. The van der Waals surface area contributed by atoms with Crippen molar-refractivity contribution in [2.24, 2.45) is 10.5 Å². The highest BCUT2D eigenvalue weighted by molar-refractivity contribution is 5.99. The van der Waals surface area contributed by atoms with Gasteiger partial charge in [-0.25, -0.2) is 4.79 Å². The maximum Gasteiger partial charge on any atom is 0.323 e. The van der Waals surface area contributed by atoms with E-state index < -0.39 is 0 Å². The minimum Gasteiger partial charge on any atom is -0.392 e. The zero-order valence-electron chi connectivity index (χ0n) is 20.8. The molecule has 6 nitrogen and oxygen atoms in total. The molecule has 1 aromatic carbocycles. The van der Waals surface area contributed by atoms with E-state index in [1.54, 1.807) is 23.4 Å². The normalized spacial score (nSPS) is 14.6. The van der Waals surface area contributed by atoms with E-state index in [-0.39, 0.29) is 18.1 Å². The molecule has 0 bridgehead atoms. The van der Waals surface area contributed by atoms with E-state index in [1.165, 1.54) is 0 Å². The van der Waals surface area contributed by atoms with Crippen LogP contribution in [0, 0.1) is 5.41 Å². The van der Waals surface area contributed by atoms with E-state index in [9.17, 15) is 9.90 Å². The minimum absolute atomic E-state index is 0.125. The molecule has 0 spiro atoms. The third-order valence-electron chi connectivity index (χ3n) is 5.01. The molecule has 3 N–H and O–H groups in total. The number of fused-ring (bicyclic) bond motifs is 1. The van der Waals surface area contributed by atoms with Gasteiger partial charge in [-0.3, -0.25) is 5.01 Å². The molecule has 0 aromatic heterocycles. The van der Waals surface area contributed by atoms with Crippen LogP contribution in [0.25, 0.3) is 11.8 Å². The van der Waals surface area contributed by atoms with Crippen molar-refractivity contribution >= 4 is 23.5 Å². The molecule has 1 aliphatic rings. The number of aliphatic hydroxyl groups is 1. The molecule has 1 aliphatic carbocycles. The maximum atomic E-state index is 12.6. The average Bonchev–Trinajstić information content (AvgIpc) is 2.99. The van der Waals surface area contributed by atoms with Crippen molar-refractivity contribution in [2.45, 2.75) is 34.1 Å². The van der Waals surface area contributed by atoms with Crippen LogP contribution in [-0.2, 0) is 0 Å².